The lowest BCUT2D eigenvalue weighted by atomic mass is 10.3. The van der Waals surface area contributed by atoms with Gasteiger partial charge in [0.2, 0.25) is 0 Å². The molecule has 3 heteroatoms. The first-order chi connectivity index (χ1) is 4.43. The predicted molar refractivity (Wildman–Crippen MR) is 38.1 cm³/mol. The SMILES string of the molecule is NC=NNC1CCCC1. The Bertz CT molecular complexity index is 94.5. The summed E-state index contributed by atoms with van der Waals surface area (Å²) in [5, 5.41) is 3.76. The van der Waals surface area contributed by atoms with Gasteiger partial charge in [-0.15, -0.1) is 0 Å². The number of nitrogens with zero attached hydrogens (tertiary/aromatic N) is 1. The summed E-state index contributed by atoms with van der Waals surface area (Å²) in [5.41, 5.74) is 8.03. The monoisotopic (exact) mass is 127 g/mol. The zero-order chi connectivity index (χ0) is 6.53. The molecular formula is C6H13N3. The van der Waals surface area contributed by atoms with Crippen molar-refractivity contribution >= 4 is 6.34 Å². The molecule has 9 heavy (non-hydrogen) atoms. The highest BCUT2D eigenvalue weighted by Crippen LogP contribution is 2.17. The summed E-state index contributed by atoms with van der Waals surface area (Å²) in [4.78, 5) is 0. The largest absolute Gasteiger partial charge is 0.388 e. The number of hydrazone groups is 1. The molecule has 0 spiro atoms. The van der Waals surface area contributed by atoms with Gasteiger partial charge in [-0.3, -0.25) is 0 Å². The Morgan fingerprint density at radius 1 is 1.44 bits per heavy atom. The Labute approximate surface area is 55.3 Å². The van der Waals surface area contributed by atoms with Crippen molar-refractivity contribution in [2.75, 3.05) is 0 Å². The van der Waals surface area contributed by atoms with E-state index in [4.69, 9.17) is 5.73 Å². The zero-order valence-electron chi connectivity index (χ0n) is 5.51. The summed E-state index contributed by atoms with van der Waals surface area (Å²) in [6, 6.07) is 0.588. The summed E-state index contributed by atoms with van der Waals surface area (Å²) in [6.45, 7) is 0. The van der Waals surface area contributed by atoms with Crippen molar-refractivity contribution in [2.24, 2.45) is 10.8 Å². The van der Waals surface area contributed by atoms with E-state index in [1.165, 1.54) is 32.0 Å². The average molecular weight is 127 g/mol. The molecule has 1 rings (SSSR count). The van der Waals surface area contributed by atoms with Crippen LogP contribution in [0.3, 0.4) is 0 Å². The molecule has 0 bridgehead atoms. The van der Waals surface area contributed by atoms with Crippen LogP contribution in [0.4, 0.5) is 0 Å². The van der Waals surface area contributed by atoms with Crippen LogP contribution >= 0.6 is 0 Å². The highest BCUT2D eigenvalue weighted by atomic mass is 15.3. The first-order valence-corrected chi connectivity index (χ1v) is 3.42. The molecule has 0 radical (unpaired) electrons. The second-order valence-corrected chi connectivity index (χ2v) is 2.39. The Morgan fingerprint density at radius 2 is 2.11 bits per heavy atom. The van der Waals surface area contributed by atoms with Gasteiger partial charge >= 0.3 is 0 Å². The molecule has 0 aromatic rings. The summed E-state index contributed by atoms with van der Waals surface area (Å²) in [7, 11) is 0. The maximum absolute atomic E-state index is 5.05. The standard InChI is InChI=1S/C6H13N3/c7-5-8-9-6-3-1-2-4-6/h5-6,9H,1-4H2,(H2,7,8). The summed E-state index contributed by atoms with van der Waals surface area (Å²) < 4.78 is 0. The van der Waals surface area contributed by atoms with E-state index in [1.54, 1.807) is 0 Å². The first-order valence-electron chi connectivity index (χ1n) is 3.42. The average Bonchev–Trinajstić information content (AvgIpc) is 2.34. The van der Waals surface area contributed by atoms with E-state index in [2.05, 4.69) is 10.5 Å². The third-order valence-electron chi connectivity index (χ3n) is 1.69. The van der Waals surface area contributed by atoms with Crippen molar-refractivity contribution in [1.29, 1.82) is 0 Å². The topological polar surface area (TPSA) is 50.4 Å². The molecule has 3 nitrogen and oxygen atoms in total. The predicted octanol–water partition coefficient (Wildman–Crippen LogP) is 0.421. The lowest BCUT2D eigenvalue weighted by molar-refractivity contribution is 0.548. The Morgan fingerprint density at radius 3 is 2.67 bits per heavy atom. The molecule has 0 amide bonds. The van der Waals surface area contributed by atoms with Crippen LogP contribution in [0.2, 0.25) is 0 Å². The minimum Gasteiger partial charge on any atom is -0.388 e. The van der Waals surface area contributed by atoms with Crippen molar-refractivity contribution in [3.63, 3.8) is 0 Å². The number of hydrogen-bond donors (Lipinski definition) is 2. The number of nitrogens with two attached hydrogens (primary N) is 1. The van der Waals surface area contributed by atoms with E-state index >= 15 is 0 Å². The van der Waals surface area contributed by atoms with Gasteiger partial charge in [0.25, 0.3) is 0 Å². The first kappa shape index (κ1) is 6.39. The van der Waals surface area contributed by atoms with Crippen LogP contribution in [0.5, 0.6) is 0 Å². The lowest BCUT2D eigenvalue weighted by Gasteiger charge is -2.05. The smallest absolute Gasteiger partial charge is 0.106 e. The molecule has 0 aromatic heterocycles. The van der Waals surface area contributed by atoms with Crippen molar-refractivity contribution in [3.8, 4) is 0 Å². The van der Waals surface area contributed by atoms with Gasteiger partial charge in [-0.25, -0.2) is 0 Å². The van der Waals surface area contributed by atoms with E-state index in [0.717, 1.165) is 0 Å². The Kier molecular flexibility index (Phi) is 2.36. The molecule has 0 aliphatic heterocycles. The van der Waals surface area contributed by atoms with Crippen LogP contribution in [-0.2, 0) is 0 Å². The number of hydrogen-bond acceptors (Lipinski definition) is 2. The van der Waals surface area contributed by atoms with Crippen molar-refractivity contribution < 1.29 is 0 Å². The van der Waals surface area contributed by atoms with E-state index in [9.17, 15) is 0 Å². The fraction of sp³-hybridized carbons (Fsp3) is 0.833. The minimum atomic E-state index is 0.588. The Hall–Kier alpha value is -0.730. The second kappa shape index (κ2) is 3.33. The zero-order valence-corrected chi connectivity index (χ0v) is 5.51. The molecule has 0 saturated heterocycles. The van der Waals surface area contributed by atoms with Crippen LogP contribution < -0.4 is 11.2 Å². The van der Waals surface area contributed by atoms with E-state index in [0.29, 0.717) is 6.04 Å². The quantitative estimate of drug-likeness (QED) is 0.321. The maximum atomic E-state index is 5.05. The molecule has 0 unspecified atom stereocenters. The normalized spacial score (nSPS) is 21.3. The summed E-state index contributed by atoms with van der Waals surface area (Å²) in [5.74, 6) is 0. The van der Waals surface area contributed by atoms with Gasteiger partial charge in [-0.2, -0.15) is 5.10 Å². The molecule has 1 saturated carbocycles. The van der Waals surface area contributed by atoms with Crippen LogP contribution in [0.25, 0.3) is 0 Å². The fourth-order valence-electron chi connectivity index (χ4n) is 1.20. The molecule has 3 N–H and O–H groups in total. The van der Waals surface area contributed by atoms with E-state index in [1.807, 2.05) is 0 Å². The fourth-order valence-corrected chi connectivity index (χ4v) is 1.20. The lowest BCUT2D eigenvalue weighted by Crippen LogP contribution is -2.20. The van der Waals surface area contributed by atoms with Gasteiger partial charge in [0.1, 0.15) is 6.34 Å². The van der Waals surface area contributed by atoms with Crippen molar-refractivity contribution in [1.82, 2.24) is 5.43 Å². The van der Waals surface area contributed by atoms with Gasteiger partial charge in [-0.05, 0) is 12.8 Å². The van der Waals surface area contributed by atoms with Gasteiger partial charge in [0, 0.05) is 6.04 Å². The van der Waals surface area contributed by atoms with E-state index < -0.39 is 0 Å². The second-order valence-electron chi connectivity index (χ2n) is 2.39. The van der Waals surface area contributed by atoms with Crippen LogP contribution in [0, 0.1) is 0 Å². The molecule has 1 aliphatic rings. The van der Waals surface area contributed by atoms with Crippen LogP contribution in [0.15, 0.2) is 5.10 Å². The van der Waals surface area contributed by atoms with Crippen molar-refractivity contribution in [2.45, 2.75) is 31.7 Å². The maximum Gasteiger partial charge on any atom is 0.106 e. The molecular weight excluding hydrogens is 114 g/mol. The molecule has 0 heterocycles. The molecule has 0 aromatic carbocycles. The Balaban J connectivity index is 2.11. The number of nitrogens with one attached hydrogen (secondary N) is 1. The van der Waals surface area contributed by atoms with Gasteiger partial charge in [-0.1, -0.05) is 12.8 Å². The van der Waals surface area contributed by atoms with Gasteiger partial charge in [0.05, 0.1) is 0 Å². The third-order valence-corrected chi connectivity index (χ3v) is 1.69. The van der Waals surface area contributed by atoms with Crippen LogP contribution in [0.1, 0.15) is 25.7 Å². The molecule has 1 aliphatic carbocycles. The summed E-state index contributed by atoms with van der Waals surface area (Å²) >= 11 is 0. The number of rotatable bonds is 2. The third kappa shape index (κ3) is 1.91. The van der Waals surface area contributed by atoms with Crippen LogP contribution in [-0.4, -0.2) is 12.4 Å². The summed E-state index contributed by atoms with van der Waals surface area (Å²) in [6.07, 6.45) is 6.46. The minimum absolute atomic E-state index is 0.588. The molecule has 0 atom stereocenters. The van der Waals surface area contributed by atoms with E-state index in [-0.39, 0.29) is 0 Å². The highest BCUT2D eigenvalue weighted by Gasteiger charge is 2.12. The molecule has 1 fully saturated rings. The molecule has 52 valence electrons. The van der Waals surface area contributed by atoms with Gasteiger partial charge < -0.3 is 11.2 Å². The highest BCUT2D eigenvalue weighted by molar-refractivity contribution is 5.50. The van der Waals surface area contributed by atoms with Crippen molar-refractivity contribution in [3.05, 3.63) is 0 Å². The van der Waals surface area contributed by atoms with Gasteiger partial charge in [0.15, 0.2) is 0 Å².